The standard InChI is InChI=1S/C7H17O13P3/c1-5-2-6(9)7(3-8,18-5)4-17-22(13,14)20-23(15,16)19-21(10,11)12/h5-6,8-9H,2-4H2,1H3,(H,13,14)(H,15,16)(H2,10,11,12). The fourth-order valence-corrected chi connectivity index (χ4v) is 4.95. The number of rotatable bonds is 8. The van der Waals surface area contributed by atoms with Crippen molar-refractivity contribution in [3.8, 4) is 0 Å². The molecule has 23 heavy (non-hydrogen) atoms. The monoisotopic (exact) mass is 402 g/mol. The zero-order valence-corrected chi connectivity index (χ0v) is 14.3. The summed E-state index contributed by atoms with van der Waals surface area (Å²) in [7, 11) is -16.4. The van der Waals surface area contributed by atoms with Crippen LogP contribution < -0.4 is 0 Å². The quantitative estimate of drug-likeness (QED) is 0.276. The SMILES string of the molecule is CC1CC(O)C(CO)(COP(=O)(O)OP(=O)(O)OP(=O)(O)O)O1. The number of aliphatic hydroxyl groups is 2. The molecule has 1 aliphatic rings. The first-order valence-electron chi connectivity index (χ1n) is 5.95. The van der Waals surface area contributed by atoms with Gasteiger partial charge in [0.1, 0.15) is 5.60 Å². The van der Waals surface area contributed by atoms with E-state index >= 15 is 0 Å². The number of phosphoric ester groups is 1. The fourth-order valence-electron chi connectivity index (χ4n) is 1.87. The Morgan fingerprint density at radius 1 is 1.13 bits per heavy atom. The molecule has 0 aliphatic carbocycles. The molecule has 0 spiro atoms. The number of aliphatic hydroxyl groups excluding tert-OH is 2. The van der Waals surface area contributed by atoms with Crippen LogP contribution in [-0.4, -0.2) is 60.8 Å². The average Bonchev–Trinajstić information content (AvgIpc) is 2.57. The molecule has 1 heterocycles. The van der Waals surface area contributed by atoms with E-state index in [2.05, 4.69) is 13.1 Å². The number of hydrogen-bond donors (Lipinski definition) is 6. The van der Waals surface area contributed by atoms with Gasteiger partial charge in [-0.05, 0) is 6.92 Å². The van der Waals surface area contributed by atoms with Crippen molar-refractivity contribution in [2.24, 2.45) is 0 Å². The summed E-state index contributed by atoms with van der Waals surface area (Å²) in [6.07, 6.45) is -1.66. The molecule has 1 fully saturated rings. The molecule has 16 heteroatoms. The van der Waals surface area contributed by atoms with Crippen LogP contribution in [0.4, 0.5) is 0 Å². The molecule has 0 aromatic carbocycles. The van der Waals surface area contributed by atoms with Crippen molar-refractivity contribution in [2.75, 3.05) is 13.2 Å². The van der Waals surface area contributed by atoms with E-state index in [1.807, 2.05) is 0 Å². The highest BCUT2D eigenvalue weighted by Crippen LogP contribution is 2.66. The Bertz CT molecular complexity index is 558. The summed E-state index contributed by atoms with van der Waals surface area (Å²) in [4.78, 5) is 35.0. The Labute approximate surface area is 130 Å². The van der Waals surface area contributed by atoms with Gasteiger partial charge in [-0.25, -0.2) is 13.7 Å². The van der Waals surface area contributed by atoms with Gasteiger partial charge in [0.2, 0.25) is 0 Å². The van der Waals surface area contributed by atoms with Crippen LogP contribution >= 0.6 is 23.5 Å². The van der Waals surface area contributed by atoms with Crippen LogP contribution in [0, 0.1) is 0 Å². The first-order valence-corrected chi connectivity index (χ1v) is 10.5. The molecule has 5 unspecified atom stereocenters. The summed E-state index contributed by atoms with van der Waals surface area (Å²) in [6, 6.07) is 0. The second-order valence-electron chi connectivity index (χ2n) is 4.77. The number of ether oxygens (including phenoxy) is 1. The highest BCUT2D eigenvalue weighted by molar-refractivity contribution is 7.66. The van der Waals surface area contributed by atoms with E-state index in [1.54, 1.807) is 6.92 Å². The van der Waals surface area contributed by atoms with Gasteiger partial charge in [0.15, 0.2) is 0 Å². The van der Waals surface area contributed by atoms with Crippen molar-refractivity contribution < 1.29 is 61.4 Å². The molecule has 1 rings (SSSR count). The Hall–Kier alpha value is 0.290. The van der Waals surface area contributed by atoms with Gasteiger partial charge in [-0.15, -0.1) is 0 Å². The maximum atomic E-state index is 11.5. The van der Waals surface area contributed by atoms with Crippen molar-refractivity contribution in [3.63, 3.8) is 0 Å². The topological polar surface area (TPSA) is 210 Å². The molecule has 0 amide bonds. The molecule has 1 aliphatic heterocycles. The Morgan fingerprint density at radius 2 is 1.70 bits per heavy atom. The Kier molecular flexibility index (Phi) is 6.74. The molecule has 0 aromatic rings. The van der Waals surface area contributed by atoms with Crippen molar-refractivity contribution in [2.45, 2.75) is 31.2 Å². The van der Waals surface area contributed by atoms with Gasteiger partial charge < -0.3 is 34.5 Å². The first-order chi connectivity index (χ1) is 10.2. The summed E-state index contributed by atoms with van der Waals surface area (Å²) in [5.41, 5.74) is -1.76. The Morgan fingerprint density at radius 3 is 2.09 bits per heavy atom. The molecule has 6 N–H and O–H groups in total. The van der Waals surface area contributed by atoms with Gasteiger partial charge in [-0.2, -0.15) is 8.62 Å². The normalized spacial score (nSPS) is 34.0. The van der Waals surface area contributed by atoms with Gasteiger partial charge in [0, 0.05) is 6.42 Å². The van der Waals surface area contributed by atoms with E-state index in [0.717, 1.165) is 0 Å². The van der Waals surface area contributed by atoms with Crippen LogP contribution in [0.25, 0.3) is 0 Å². The minimum atomic E-state index is -5.62. The van der Waals surface area contributed by atoms with Crippen LogP contribution in [0.3, 0.4) is 0 Å². The van der Waals surface area contributed by atoms with E-state index in [4.69, 9.17) is 19.4 Å². The van der Waals surface area contributed by atoms with Crippen molar-refractivity contribution in [1.29, 1.82) is 0 Å². The number of phosphoric acid groups is 3. The van der Waals surface area contributed by atoms with Crippen LogP contribution in [0.5, 0.6) is 0 Å². The van der Waals surface area contributed by atoms with Crippen LogP contribution in [0.1, 0.15) is 13.3 Å². The summed E-state index contributed by atoms with van der Waals surface area (Å²) in [5.74, 6) is 0. The van der Waals surface area contributed by atoms with Gasteiger partial charge in [-0.1, -0.05) is 0 Å². The third-order valence-electron chi connectivity index (χ3n) is 2.75. The zero-order valence-electron chi connectivity index (χ0n) is 11.7. The van der Waals surface area contributed by atoms with Crippen molar-refractivity contribution >= 4 is 23.5 Å². The van der Waals surface area contributed by atoms with E-state index in [9.17, 15) is 28.8 Å². The molecular weight excluding hydrogens is 385 g/mol. The van der Waals surface area contributed by atoms with Crippen LogP contribution in [0.15, 0.2) is 0 Å². The molecule has 138 valence electrons. The summed E-state index contributed by atoms with van der Waals surface area (Å²) in [5, 5.41) is 19.1. The largest absolute Gasteiger partial charge is 0.490 e. The second-order valence-corrected chi connectivity index (χ2v) is 9.19. The zero-order chi connectivity index (χ0) is 18.1. The molecule has 13 nitrogen and oxygen atoms in total. The third-order valence-corrected chi connectivity index (χ3v) is 6.54. The lowest BCUT2D eigenvalue weighted by Crippen LogP contribution is -2.47. The molecule has 0 aromatic heterocycles. The third kappa shape index (κ3) is 6.60. The van der Waals surface area contributed by atoms with Crippen LogP contribution in [0.2, 0.25) is 0 Å². The summed E-state index contributed by atoms with van der Waals surface area (Å²) >= 11 is 0. The summed E-state index contributed by atoms with van der Waals surface area (Å²) in [6.45, 7) is -0.140. The van der Waals surface area contributed by atoms with Crippen molar-refractivity contribution in [3.05, 3.63) is 0 Å². The Balaban J connectivity index is 2.74. The lowest BCUT2D eigenvalue weighted by molar-refractivity contribution is -0.130. The predicted octanol–water partition coefficient (Wildman–Crippen LogP) is -0.770. The fraction of sp³-hybridized carbons (Fsp3) is 1.00. The van der Waals surface area contributed by atoms with Gasteiger partial charge in [0.05, 0.1) is 25.4 Å². The van der Waals surface area contributed by atoms with Gasteiger partial charge in [0.25, 0.3) is 0 Å². The molecule has 5 atom stereocenters. The summed E-state index contributed by atoms with van der Waals surface area (Å²) < 4.78 is 49.8. The molecule has 0 radical (unpaired) electrons. The van der Waals surface area contributed by atoms with Crippen molar-refractivity contribution in [1.82, 2.24) is 0 Å². The second kappa shape index (κ2) is 7.27. The highest BCUT2D eigenvalue weighted by atomic mass is 31.3. The molecule has 0 bridgehead atoms. The minimum absolute atomic E-state index is 0.0975. The maximum absolute atomic E-state index is 11.5. The van der Waals surface area contributed by atoms with E-state index in [0.29, 0.717) is 0 Å². The maximum Gasteiger partial charge on any atom is 0.490 e. The van der Waals surface area contributed by atoms with Crippen LogP contribution in [-0.2, 0) is 31.6 Å². The molecule has 0 saturated carbocycles. The lowest BCUT2D eigenvalue weighted by Gasteiger charge is -2.30. The highest BCUT2D eigenvalue weighted by Gasteiger charge is 2.49. The van der Waals surface area contributed by atoms with E-state index in [-0.39, 0.29) is 6.42 Å². The van der Waals surface area contributed by atoms with Gasteiger partial charge in [-0.3, -0.25) is 4.52 Å². The lowest BCUT2D eigenvalue weighted by atomic mass is 9.99. The molecular formula is C7H17O13P3. The van der Waals surface area contributed by atoms with E-state index < -0.39 is 54.5 Å². The van der Waals surface area contributed by atoms with E-state index in [1.165, 1.54) is 0 Å². The molecule has 1 saturated heterocycles. The predicted molar refractivity (Wildman–Crippen MR) is 70.8 cm³/mol. The first kappa shape index (κ1) is 21.3. The number of hydrogen-bond acceptors (Lipinski definition) is 9. The van der Waals surface area contributed by atoms with Gasteiger partial charge >= 0.3 is 23.5 Å². The average molecular weight is 402 g/mol. The minimum Gasteiger partial charge on any atom is -0.393 e. The smallest absolute Gasteiger partial charge is 0.393 e.